The van der Waals surface area contributed by atoms with E-state index in [-0.39, 0.29) is 13.2 Å². The molecule has 1 aliphatic heterocycles. The fourth-order valence-electron chi connectivity index (χ4n) is 2.06. The largest absolute Gasteiger partial charge is 0.388 e. The summed E-state index contributed by atoms with van der Waals surface area (Å²) < 4.78 is 31.6. The number of methoxy groups -OCH3 is 1. The number of carbonyl (C=O) groups excluding carboxylic acids is 1. The Kier molecular flexibility index (Phi) is 8.05. The minimum Gasteiger partial charge on any atom is -0.388 e. The maximum atomic E-state index is 11.2. The molecule has 0 radical (unpaired) electrons. The van der Waals surface area contributed by atoms with Crippen LogP contribution in [0.1, 0.15) is 6.92 Å². The Balaban J connectivity index is 2.78. The first-order valence-corrected chi connectivity index (χ1v) is 9.02. The van der Waals surface area contributed by atoms with Crippen LogP contribution in [0.2, 0.25) is 0 Å². The van der Waals surface area contributed by atoms with E-state index in [1.54, 1.807) is 0 Å². The van der Waals surface area contributed by atoms with E-state index in [2.05, 4.69) is 5.32 Å². The van der Waals surface area contributed by atoms with E-state index in [9.17, 15) is 19.6 Å². The van der Waals surface area contributed by atoms with E-state index in [1.165, 1.54) is 14.0 Å². The van der Waals surface area contributed by atoms with Crippen molar-refractivity contribution in [2.75, 3.05) is 33.6 Å². The summed E-state index contributed by atoms with van der Waals surface area (Å²) in [6.45, 7) is 2.21. The van der Waals surface area contributed by atoms with Gasteiger partial charge in [-0.15, -0.1) is 0 Å². The Hall–Kier alpha value is -0.580. The normalized spacial score (nSPS) is 33.9. The average molecular weight is 357 g/mol. The molecule has 0 aromatic carbocycles. The van der Waals surface area contributed by atoms with Gasteiger partial charge in [0, 0.05) is 20.7 Å². The van der Waals surface area contributed by atoms with E-state index in [0.717, 1.165) is 6.66 Å². The second-order valence-electron chi connectivity index (χ2n) is 5.21. The summed E-state index contributed by atoms with van der Waals surface area (Å²) >= 11 is 0. The Morgan fingerprint density at radius 3 is 2.48 bits per heavy atom. The number of aliphatic hydroxyl groups is 2. The molecule has 1 aliphatic rings. The molecule has 1 saturated heterocycles. The van der Waals surface area contributed by atoms with Crippen LogP contribution in [-0.4, -0.2) is 85.3 Å². The maximum absolute atomic E-state index is 11.2. The van der Waals surface area contributed by atoms with Gasteiger partial charge in [-0.1, -0.05) is 0 Å². The van der Waals surface area contributed by atoms with Crippen molar-refractivity contribution in [3.05, 3.63) is 0 Å². The standard InChI is InChI=1S/C12H24NO9P/c1-7(14)13-9-11(16)10(15)8(6-21-23(3,17)18)22-12(9)20-5-4-19-2/h8-12,15-16H,4-6H2,1-3H3,(H,13,14)(H,17,18). The van der Waals surface area contributed by atoms with Crippen LogP contribution in [0.5, 0.6) is 0 Å². The van der Waals surface area contributed by atoms with Gasteiger partial charge < -0.3 is 39.2 Å². The summed E-state index contributed by atoms with van der Waals surface area (Å²) in [5, 5.41) is 22.7. The topological polar surface area (TPSA) is 144 Å². The molecule has 10 nitrogen and oxygen atoms in total. The molecule has 6 unspecified atom stereocenters. The lowest BCUT2D eigenvalue weighted by molar-refractivity contribution is -0.270. The Labute approximate surface area is 134 Å². The van der Waals surface area contributed by atoms with Crippen LogP contribution < -0.4 is 5.32 Å². The summed E-state index contributed by atoms with van der Waals surface area (Å²) in [6.07, 6.45) is -5.00. The molecule has 0 aromatic heterocycles. The summed E-state index contributed by atoms with van der Waals surface area (Å²) in [5.74, 6) is -0.437. The minimum atomic E-state index is -3.77. The van der Waals surface area contributed by atoms with E-state index >= 15 is 0 Å². The molecule has 1 rings (SSSR count). The molecule has 1 heterocycles. The zero-order valence-electron chi connectivity index (χ0n) is 13.2. The van der Waals surface area contributed by atoms with Gasteiger partial charge in [0.25, 0.3) is 0 Å². The van der Waals surface area contributed by atoms with Gasteiger partial charge in [0.15, 0.2) is 6.29 Å². The van der Waals surface area contributed by atoms with Crippen LogP contribution in [0.3, 0.4) is 0 Å². The second-order valence-corrected chi connectivity index (χ2v) is 7.08. The van der Waals surface area contributed by atoms with Gasteiger partial charge in [0.2, 0.25) is 5.91 Å². The predicted molar refractivity (Wildman–Crippen MR) is 77.8 cm³/mol. The van der Waals surface area contributed by atoms with Crippen LogP contribution in [0.25, 0.3) is 0 Å². The van der Waals surface area contributed by atoms with Crippen molar-refractivity contribution in [2.24, 2.45) is 0 Å². The van der Waals surface area contributed by atoms with Crippen LogP contribution in [0, 0.1) is 0 Å². The van der Waals surface area contributed by atoms with Crippen LogP contribution in [-0.2, 0) is 28.1 Å². The van der Waals surface area contributed by atoms with Gasteiger partial charge in [-0.2, -0.15) is 0 Å². The van der Waals surface area contributed by atoms with Crippen LogP contribution >= 0.6 is 7.60 Å². The Bertz CT molecular complexity index is 429. The molecule has 0 aliphatic carbocycles. The monoisotopic (exact) mass is 357 g/mol. The molecular formula is C12H24NO9P. The fraction of sp³-hybridized carbons (Fsp3) is 0.917. The summed E-state index contributed by atoms with van der Waals surface area (Å²) in [4.78, 5) is 20.4. The highest BCUT2D eigenvalue weighted by Gasteiger charge is 2.46. The molecule has 136 valence electrons. The van der Waals surface area contributed by atoms with Crippen molar-refractivity contribution in [2.45, 2.75) is 37.6 Å². The number of hydrogen-bond donors (Lipinski definition) is 4. The zero-order chi connectivity index (χ0) is 17.6. The van der Waals surface area contributed by atoms with E-state index < -0.39 is 50.8 Å². The first-order valence-electron chi connectivity index (χ1n) is 6.99. The van der Waals surface area contributed by atoms with Gasteiger partial charge in [-0.3, -0.25) is 9.36 Å². The SMILES string of the molecule is COCCOC1OC(COP(C)(=O)O)C(O)C(O)C1NC(C)=O. The van der Waals surface area contributed by atoms with Crippen molar-refractivity contribution < 1.29 is 43.2 Å². The van der Waals surface area contributed by atoms with Crippen molar-refractivity contribution in [1.82, 2.24) is 5.32 Å². The smallest absolute Gasteiger partial charge is 0.325 e. The maximum Gasteiger partial charge on any atom is 0.325 e. The third-order valence-corrected chi connectivity index (χ3v) is 3.75. The summed E-state index contributed by atoms with van der Waals surface area (Å²) in [6, 6.07) is -1.00. The third-order valence-electron chi connectivity index (χ3n) is 3.12. The highest BCUT2D eigenvalue weighted by molar-refractivity contribution is 7.51. The molecule has 6 atom stereocenters. The van der Waals surface area contributed by atoms with Gasteiger partial charge in [0.05, 0.1) is 19.8 Å². The minimum absolute atomic E-state index is 0.125. The van der Waals surface area contributed by atoms with E-state index in [1.807, 2.05) is 0 Å². The predicted octanol–water partition coefficient (Wildman–Crippen LogP) is -1.57. The lowest BCUT2D eigenvalue weighted by atomic mass is 9.97. The van der Waals surface area contributed by atoms with Crippen molar-refractivity contribution >= 4 is 13.5 Å². The molecule has 4 N–H and O–H groups in total. The van der Waals surface area contributed by atoms with Gasteiger partial charge >= 0.3 is 7.60 Å². The number of aliphatic hydroxyl groups excluding tert-OH is 2. The number of amides is 1. The summed E-state index contributed by atoms with van der Waals surface area (Å²) in [7, 11) is -2.29. The second kappa shape index (κ2) is 9.05. The van der Waals surface area contributed by atoms with Crippen molar-refractivity contribution in [3.63, 3.8) is 0 Å². The van der Waals surface area contributed by atoms with Crippen LogP contribution in [0.15, 0.2) is 0 Å². The molecule has 0 spiro atoms. The highest BCUT2D eigenvalue weighted by Crippen LogP contribution is 2.37. The first-order chi connectivity index (χ1) is 10.7. The molecule has 0 bridgehead atoms. The number of rotatable bonds is 8. The number of hydrogen-bond acceptors (Lipinski definition) is 8. The van der Waals surface area contributed by atoms with E-state index in [0.29, 0.717) is 0 Å². The number of carbonyl (C=O) groups is 1. The fourth-order valence-corrected chi connectivity index (χ4v) is 2.48. The van der Waals surface area contributed by atoms with Crippen LogP contribution in [0.4, 0.5) is 0 Å². The molecule has 0 saturated carbocycles. The first kappa shape index (κ1) is 20.5. The molecular weight excluding hydrogens is 333 g/mol. The van der Waals surface area contributed by atoms with Crippen molar-refractivity contribution in [3.8, 4) is 0 Å². The number of nitrogens with one attached hydrogen (secondary N) is 1. The van der Waals surface area contributed by atoms with Crippen molar-refractivity contribution in [1.29, 1.82) is 0 Å². The highest BCUT2D eigenvalue weighted by atomic mass is 31.2. The number of ether oxygens (including phenoxy) is 3. The van der Waals surface area contributed by atoms with Gasteiger partial charge in [0.1, 0.15) is 24.4 Å². The van der Waals surface area contributed by atoms with Gasteiger partial charge in [-0.25, -0.2) is 0 Å². The molecule has 11 heteroatoms. The molecule has 23 heavy (non-hydrogen) atoms. The molecule has 0 aromatic rings. The zero-order valence-corrected chi connectivity index (χ0v) is 14.1. The quantitative estimate of drug-likeness (QED) is 0.299. The lowest BCUT2D eigenvalue weighted by Gasteiger charge is -2.42. The Morgan fingerprint density at radius 2 is 1.96 bits per heavy atom. The lowest BCUT2D eigenvalue weighted by Crippen LogP contribution is -2.64. The van der Waals surface area contributed by atoms with Gasteiger partial charge in [-0.05, 0) is 0 Å². The summed E-state index contributed by atoms with van der Waals surface area (Å²) in [5.41, 5.74) is 0. The molecule has 1 fully saturated rings. The Morgan fingerprint density at radius 1 is 1.30 bits per heavy atom. The third kappa shape index (κ3) is 6.82. The molecule has 1 amide bonds. The van der Waals surface area contributed by atoms with E-state index in [4.69, 9.17) is 23.6 Å². The average Bonchev–Trinajstić information content (AvgIpc) is 2.44.